The summed E-state index contributed by atoms with van der Waals surface area (Å²) in [7, 11) is -3.38. The lowest BCUT2D eigenvalue weighted by atomic mass is 10.2. The number of amides is 2. The van der Waals surface area contributed by atoms with Gasteiger partial charge >= 0.3 is 0 Å². The van der Waals surface area contributed by atoms with E-state index in [-0.39, 0.29) is 11.8 Å². The van der Waals surface area contributed by atoms with Gasteiger partial charge in [0.15, 0.2) is 0 Å². The summed E-state index contributed by atoms with van der Waals surface area (Å²) >= 11 is 0. The fourth-order valence-electron chi connectivity index (χ4n) is 3.27. The number of rotatable bonds is 4. The number of hydrogen-bond donors (Lipinski definition) is 1. The van der Waals surface area contributed by atoms with E-state index in [4.69, 9.17) is 0 Å². The summed E-state index contributed by atoms with van der Waals surface area (Å²) in [5, 5.41) is 2.77. The molecule has 0 spiro atoms. The Hall–Kier alpha value is -1.93. The number of benzene rings is 1. The van der Waals surface area contributed by atoms with Crippen molar-refractivity contribution in [3.63, 3.8) is 0 Å². The second-order valence-electron chi connectivity index (χ2n) is 6.22. The number of hydrogen-bond acceptors (Lipinski definition) is 4. The van der Waals surface area contributed by atoms with Gasteiger partial charge in [0, 0.05) is 30.9 Å². The molecule has 8 heteroatoms. The standard InChI is InChI=1S/C16H21N3O4S/c1-24(22,23)19-11-2-4-14(19)16(21)17-12-6-8-13(9-7-12)18-10-3-5-15(18)20/h6-9,14H,2-5,10-11H2,1H3,(H,17,21)/t14-/m1/s1. The molecule has 0 radical (unpaired) electrons. The van der Waals surface area contributed by atoms with Crippen LogP contribution in [-0.4, -0.2) is 49.9 Å². The van der Waals surface area contributed by atoms with Crippen LogP contribution in [0.3, 0.4) is 0 Å². The second kappa shape index (κ2) is 6.52. The molecule has 2 saturated heterocycles. The average Bonchev–Trinajstić information content (AvgIpc) is 3.16. The molecule has 24 heavy (non-hydrogen) atoms. The molecular formula is C16H21N3O4S. The molecule has 2 heterocycles. The van der Waals surface area contributed by atoms with Gasteiger partial charge in [0.05, 0.1) is 6.26 Å². The fourth-order valence-corrected chi connectivity index (χ4v) is 4.39. The van der Waals surface area contributed by atoms with E-state index in [0.29, 0.717) is 31.5 Å². The smallest absolute Gasteiger partial charge is 0.242 e. The van der Waals surface area contributed by atoms with Crippen LogP contribution in [0.25, 0.3) is 0 Å². The topological polar surface area (TPSA) is 86.8 Å². The van der Waals surface area contributed by atoms with E-state index < -0.39 is 16.1 Å². The highest BCUT2D eigenvalue weighted by molar-refractivity contribution is 7.88. The first kappa shape index (κ1) is 16.9. The molecule has 130 valence electrons. The quantitative estimate of drug-likeness (QED) is 0.882. The number of sulfonamides is 1. The summed E-state index contributed by atoms with van der Waals surface area (Å²) in [6, 6.07) is 6.40. The van der Waals surface area contributed by atoms with Gasteiger partial charge in [-0.05, 0) is 43.5 Å². The zero-order valence-electron chi connectivity index (χ0n) is 13.6. The van der Waals surface area contributed by atoms with Crippen molar-refractivity contribution in [2.45, 2.75) is 31.7 Å². The molecule has 3 rings (SSSR count). The predicted molar refractivity (Wildman–Crippen MR) is 91.2 cm³/mol. The molecule has 2 aliphatic heterocycles. The van der Waals surface area contributed by atoms with Crippen LogP contribution in [0.2, 0.25) is 0 Å². The number of carbonyl (C=O) groups excluding carboxylic acids is 2. The van der Waals surface area contributed by atoms with Crippen molar-refractivity contribution in [1.29, 1.82) is 0 Å². The first-order chi connectivity index (χ1) is 11.4. The Morgan fingerprint density at radius 2 is 1.88 bits per heavy atom. The molecule has 1 aromatic carbocycles. The molecule has 1 atom stereocenters. The first-order valence-electron chi connectivity index (χ1n) is 8.04. The third-order valence-electron chi connectivity index (χ3n) is 4.45. The molecule has 7 nitrogen and oxygen atoms in total. The van der Waals surface area contributed by atoms with Crippen LogP contribution in [0.5, 0.6) is 0 Å². The van der Waals surface area contributed by atoms with Crippen LogP contribution in [0.15, 0.2) is 24.3 Å². The second-order valence-corrected chi connectivity index (χ2v) is 8.15. The summed E-state index contributed by atoms with van der Waals surface area (Å²) in [4.78, 5) is 25.8. The van der Waals surface area contributed by atoms with Gasteiger partial charge in [0.2, 0.25) is 21.8 Å². The summed E-state index contributed by atoms with van der Waals surface area (Å²) in [5.74, 6) is -0.204. The minimum atomic E-state index is -3.38. The Labute approximate surface area is 141 Å². The van der Waals surface area contributed by atoms with Crippen LogP contribution in [0.1, 0.15) is 25.7 Å². The number of nitrogens with one attached hydrogen (secondary N) is 1. The van der Waals surface area contributed by atoms with Crippen LogP contribution < -0.4 is 10.2 Å². The van der Waals surface area contributed by atoms with Crippen molar-refractivity contribution >= 4 is 33.2 Å². The number of carbonyl (C=O) groups is 2. The van der Waals surface area contributed by atoms with Gasteiger partial charge in [0.25, 0.3) is 0 Å². The fraction of sp³-hybridized carbons (Fsp3) is 0.500. The summed E-state index contributed by atoms with van der Waals surface area (Å²) in [5.41, 5.74) is 1.41. The number of nitrogens with zero attached hydrogens (tertiary/aromatic N) is 2. The molecule has 1 N–H and O–H groups in total. The van der Waals surface area contributed by atoms with Gasteiger partial charge in [-0.2, -0.15) is 4.31 Å². The van der Waals surface area contributed by atoms with Gasteiger partial charge < -0.3 is 10.2 Å². The minimum Gasteiger partial charge on any atom is -0.325 e. The van der Waals surface area contributed by atoms with E-state index in [2.05, 4.69) is 5.32 Å². The van der Waals surface area contributed by atoms with Crippen LogP contribution in [0, 0.1) is 0 Å². The molecule has 0 unspecified atom stereocenters. The van der Waals surface area contributed by atoms with Gasteiger partial charge in [-0.15, -0.1) is 0 Å². The lowest BCUT2D eigenvalue weighted by Gasteiger charge is -2.21. The van der Waals surface area contributed by atoms with E-state index in [1.165, 1.54) is 4.31 Å². The van der Waals surface area contributed by atoms with Crippen molar-refractivity contribution < 1.29 is 18.0 Å². The first-order valence-corrected chi connectivity index (χ1v) is 9.89. The molecule has 2 amide bonds. The maximum absolute atomic E-state index is 12.4. The molecule has 2 fully saturated rings. The van der Waals surface area contributed by atoms with Crippen molar-refractivity contribution in [2.75, 3.05) is 29.6 Å². The van der Waals surface area contributed by atoms with Gasteiger partial charge in [0.1, 0.15) is 6.04 Å². The van der Waals surface area contributed by atoms with Crippen LogP contribution in [-0.2, 0) is 19.6 Å². The van der Waals surface area contributed by atoms with Gasteiger partial charge in [-0.1, -0.05) is 0 Å². The van der Waals surface area contributed by atoms with E-state index >= 15 is 0 Å². The Kier molecular flexibility index (Phi) is 4.60. The Bertz CT molecular complexity index is 745. The number of anilines is 2. The summed E-state index contributed by atoms with van der Waals surface area (Å²) in [6.07, 6.45) is 3.77. The highest BCUT2D eigenvalue weighted by Crippen LogP contribution is 2.25. The van der Waals surface area contributed by atoms with Crippen molar-refractivity contribution in [1.82, 2.24) is 4.31 Å². The van der Waals surface area contributed by atoms with E-state index in [0.717, 1.165) is 24.9 Å². The molecule has 0 aliphatic carbocycles. The largest absolute Gasteiger partial charge is 0.325 e. The maximum Gasteiger partial charge on any atom is 0.242 e. The van der Waals surface area contributed by atoms with Gasteiger partial charge in [-0.3, -0.25) is 9.59 Å². The lowest BCUT2D eigenvalue weighted by Crippen LogP contribution is -2.42. The minimum absolute atomic E-state index is 0.113. The van der Waals surface area contributed by atoms with E-state index in [1.807, 2.05) is 0 Å². The third-order valence-corrected chi connectivity index (χ3v) is 5.74. The van der Waals surface area contributed by atoms with E-state index in [1.54, 1.807) is 29.2 Å². The molecular weight excluding hydrogens is 330 g/mol. The van der Waals surface area contributed by atoms with Crippen LogP contribution in [0.4, 0.5) is 11.4 Å². The van der Waals surface area contributed by atoms with Gasteiger partial charge in [-0.25, -0.2) is 8.42 Å². The highest BCUT2D eigenvalue weighted by atomic mass is 32.2. The summed E-state index contributed by atoms with van der Waals surface area (Å²) < 4.78 is 24.7. The average molecular weight is 351 g/mol. The van der Waals surface area contributed by atoms with Crippen molar-refractivity contribution in [2.24, 2.45) is 0 Å². The Morgan fingerprint density at radius 1 is 1.17 bits per heavy atom. The molecule has 0 saturated carbocycles. The molecule has 0 aromatic heterocycles. The monoisotopic (exact) mass is 351 g/mol. The molecule has 1 aromatic rings. The Balaban J connectivity index is 1.67. The third kappa shape index (κ3) is 3.44. The predicted octanol–water partition coefficient (Wildman–Crippen LogP) is 1.18. The van der Waals surface area contributed by atoms with Crippen molar-refractivity contribution in [3.05, 3.63) is 24.3 Å². The van der Waals surface area contributed by atoms with Crippen molar-refractivity contribution in [3.8, 4) is 0 Å². The highest BCUT2D eigenvalue weighted by Gasteiger charge is 2.36. The Morgan fingerprint density at radius 3 is 2.46 bits per heavy atom. The normalized spacial score (nSPS) is 22.1. The molecule has 2 aliphatic rings. The molecule has 0 bridgehead atoms. The SMILES string of the molecule is CS(=O)(=O)N1CCC[C@@H]1C(=O)Nc1ccc(N2CCCC2=O)cc1. The summed E-state index contributed by atoms with van der Waals surface area (Å²) in [6.45, 7) is 1.10. The zero-order chi connectivity index (χ0) is 17.3. The zero-order valence-corrected chi connectivity index (χ0v) is 14.4. The van der Waals surface area contributed by atoms with Crippen LogP contribution >= 0.6 is 0 Å². The van der Waals surface area contributed by atoms with E-state index in [9.17, 15) is 18.0 Å². The maximum atomic E-state index is 12.4. The lowest BCUT2D eigenvalue weighted by molar-refractivity contribution is -0.119.